The van der Waals surface area contributed by atoms with Gasteiger partial charge in [0, 0.05) is 15.9 Å². The van der Waals surface area contributed by atoms with E-state index in [0.717, 1.165) is 25.9 Å². The van der Waals surface area contributed by atoms with Gasteiger partial charge in [-0.25, -0.2) is 4.98 Å². The Morgan fingerprint density at radius 2 is 2.06 bits per heavy atom. The highest BCUT2D eigenvalue weighted by Gasteiger charge is 2.07. The molecule has 0 spiro atoms. The fourth-order valence-corrected chi connectivity index (χ4v) is 2.77. The first kappa shape index (κ1) is 10.7. The van der Waals surface area contributed by atoms with Crippen molar-refractivity contribution in [2.75, 3.05) is 0 Å². The Bertz CT molecular complexity index is 679. The van der Waals surface area contributed by atoms with Crippen molar-refractivity contribution in [3.8, 4) is 16.3 Å². The zero-order valence-electron chi connectivity index (χ0n) is 8.72. The van der Waals surface area contributed by atoms with Gasteiger partial charge in [0.1, 0.15) is 5.75 Å². The van der Waals surface area contributed by atoms with Crippen molar-refractivity contribution in [2.24, 2.45) is 0 Å². The van der Waals surface area contributed by atoms with Gasteiger partial charge in [-0.05, 0) is 29.6 Å². The third-order valence-electron chi connectivity index (χ3n) is 2.52. The minimum Gasteiger partial charge on any atom is -0.507 e. The number of halogens is 1. The molecule has 2 aromatic heterocycles. The van der Waals surface area contributed by atoms with E-state index >= 15 is 0 Å². The molecule has 0 aliphatic carbocycles. The Morgan fingerprint density at radius 1 is 1.18 bits per heavy atom. The molecule has 3 aromatic rings. The van der Waals surface area contributed by atoms with Crippen LogP contribution in [0.5, 0.6) is 5.75 Å². The van der Waals surface area contributed by atoms with Gasteiger partial charge in [0.05, 0.1) is 16.1 Å². The second kappa shape index (κ2) is 4.13. The lowest BCUT2D eigenvalue weighted by Crippen LogP contribution is -1.84. The Hall–Kier alpha value is -1.39. The van der Waals surface area contributed by atoms with Crippen molar-refractivity contribution < 1.29 is 5.11 Å². The third kappa shape index (κ3) is 1.94. The number of aromatic hydroxyl groups is 1. The smallest absolute Gasteiger partial charge is 0.127 e. The van der Waals surface area contributed by atoms with Crippen LogP contribution in [0.3, 0.4) is 0 Å². The fourth-order valence-electron chi connectivity index (χ4n) is 1.73. The average molecular weight is 306 g/mol. The van der Waals surface area contributed by atoms with Gasteiger partial charge in [-0.15, -0.1) is 11.3 Å². The highest BCUT2D eigenvalue weighted by atomic mass is 79.9. The highest BCUT2D eigenvalue weighted by molar-refractivity contribution is 9.10. The summed E-state index contributed by atoms with van der Waals surface area (Å²) in [5.74, 6) is 0.269. The lowest BCUT2D eigenvalue weighted by molar-refractivity contribution is 0.481. The summed E-state index contributed by atoms with van der Waals surface area (Å²) < 4.78 is 0.959. The number of benzene rings is 1. The standard InChI is InChI=1S/C13H8BrNOS/c14-8-3-4-9-10(6-8)15-11(7-12(9)16)13-2-1-5-17-13/h1-7H,(H,15,16). The van der Waals surface area contributed by atoms with Crippen LogP contribution in [0.4, 0.5) is 0 Å². The summed E-state index contributed by atoms with van der Waals surface area (Å²) in [7, 11) is 0. The SMILES string of the molecule is Oc1cc(-c2cccs2)nc2cc(Br)ccc12. The average Bonchev–Trinajstić information content (AvgIpc) is 2.81. The molecule has 3 rings (SSSR count). The molecular weight excluding hydrogens is 298 g/mol. The molecule has 0 fully saturated rings. The fraction of sp³-hybridized carbons (Fsp3) is 0. The molecule has 0 aliphatic rings. The number of aromatic nitrogens is 1. The molecule has 84 valence electrons. The van der Waals surface area contributed by atoms with Crippen LogP contribution in [-0.4, -0.2) is 10.1 Å². The second-order valence-corrected chi connectivity index (χ2v) is 5.53. The third-order valence-corrected chi connectivity index (χ3v) is 3.91. The molecule has 2 heterocycles. The summed E-state index contributed by atoms with van der Waals surface area (Å²) in [5, 5.41) is 12.8. The number of thiophene rings is 1. The number of pyridine rings is 1. The van der Waals surface area contributed by atoms with Crippen molar-refractivity contribution in [3.63, 3.8) is 0 Å². The van der Waals surface area contributed by atoms with E-state index < -0.39 is 0 Å². The Kier molecular flexibility index (Phi) is 2.61. The number of fused-ring (bicyclic) bond motifs is 1. The summed E-state index contributed by atoms with van der Waals surface area (Å²) in [6, 6.07) is 11.4. The summed E-state index contributed by atoms with van der Waals surface area (Å²) in [4.78, 5) is 5.62. The van der Waals surface area contributed by atoms with Crippen molar-refractivity contribution in [1.29, 1.82) is 0 Å². The summed E-state index contributed by atoms with van der Waals surface area (Å²) in [6.07, 6.45) is 0. The number of rotatable bonds is 1. The molecule has 1 aromatic carbocycles. The zero-order chi connectivity index (χ0) is 11.8. The van der Waals surface area contributed by atoms with Gasteiger partial charge in [0.25, 0.3) is 0 Å². The molecule has 0 aliphatic heterocycles. The predicted molar refractivity (Wildman–Crippen MR) is 74.4 cm³/mol. The van der Waals surface area contributed by atoms with Gasteiger partial charge in [-0.3, -0.25) is 0 Å². The maximum absolute atomic E-state index is 9.99. The van der Waals surface area contributed by atoms with E-state index in [4.69, 9.17) is 0 Å². The summed E-state index contributed by atoms with van der Waals surface area (Å²) >= 11 is 5.02. The van der Waals surface area contributed by atoms with Crippen LogP contribution in [-0.2, 0) is 0 Å². The highest BCUT2D eigenvalue weighted by Crippen LogP contribution is 2.32. The molecule has 0 unspecified atom stereocenters. The van der Waals surface area contributed by atoms with Crippen LogP contribution in [0.2, 0.25) is 0 Å². The molecule has 17 heavy (non-hydrogen) atoms. The molecule has 1 N–H and O–H groups in total. The quantitative estimate of drug-likeness (QED) is 0.721. The maximum Gasteiger partial charge on any atom is 0.127 e. The van der Waals surface area contributed by atoms with E-state index in [0.29, 0.717) is 0 Å². The minimum atomic E-state index is 0.269. The second-order valence-electron chi connectivity index (χ2n) is 3.67. The molecular formula is C13H8BrNOS. The van der Waals surface area contributed by atoms with E-state index in [9.17, 15) is 5.11 Å². The Balaban J connectivity index is 2.29. The van der Waals surface area contributed by atoms with Gasteiger partial charge in [0.15, 0.2) is 0 Å². The van der Waals surface area contributed by atoms with Crippen LogP contribution in [0.15, 0.2) is 46.3 Å². The molecule has 2 nitrogen and oxygen atoms in total. The van der Waals surface area contributed by atoms with Gasteiger partial charge >= 0.3 is 0 Å². The first-order valence-electron chi connectivity index (χ1n) is 5.07. The number of hydrogen-bond acceptors (Lipinski definition) is 3. The van der Waals surface area contributed by atoms with Crippen molar-refractivity contribution in [1.82, 2.24) is 4.98 Å². The van der Waals surface area contributed by atoms with Crippen molar-refractivity contribution in [3.05, 3.63) is 46.3 Å². The normalized spacial score (nSPS) is 10.9. The van der Waals surface area contributed by atoms with E-state index in [-0.39, 0.29) is 5.75 Å². The molecule has 0 bridgehead atoms. The van der Waals surface area contributed by atoms with Gasteiger partial charge < -0.3 is 5.11 Å². The van der Waals surface area contributed by atoms with Gasteiger partial charge in [0.2, 0.25) is 0 Å². The van der Waals surface area contributed by atoms with Crippen LogP contribution < -0.4 is 0 Å². The Morgan fingerprint density at radius 3 is 2.82 bits per heavy atom. The molecule has 0 saturated heterocycles. The first-order chi connectivity index (χ1) is 8.24. The molecule has 0 radical (unpaired) electrons. The van der Waals surface area contributed by atoms with Gasteiger partial charge in [-0.1, -0.05) is 22.0 Å². The van der Waals surface area contributed by atoms with Crippen LogP contribution >= 0.6 is 27.3 Å². The summed E-state index contributed by atoms with van der Waals surface area (Å²) in [6.45, 7) is 0. The Labute approximate surface area is 111 Å². The lowest BCUT2D eigenvalue weighted by Gasteiger charge is -2.04. The largest absolute Gasteiger partial charge is 0.507 e. The minimum absolute atomic E-state index is 0.269. The maximum atomic E-state index is 9.99. The molecule has 0 atom stereocenters. The van der Waals surface area contributed by atoms with Crippen molar-refractivity contribution in [2.45, 2.75) is 0 Å². The van der Waals surface area contributed by atoms with Crippen LogP contribution in [0.25, 0.3) is 21.5 Å². The number of hydrogen-bond donors (Lipinski definition) is 1. The lowest BCUT2D eigenvalue weighted by atomic mass is 10.1. The monoisotopic (exact) mass is 305 g/mol. The molecule has 4 heteroatoms. The van der Waals surface area contributed by atoms with Crippen LogP contribution in [0.1, 0.15) is 0 Å². The van der Waals surface area contributed by atoms with Crippen LogP contribution in [0, 0.1) is 0 Å². The summed E-state index contributed by atoms with van der Waals surface area (Å²) in [5.41, 5.74) is 1.60. The van der Waals surface area contributed by atoms with Crippen molar-refractivity contribution >= 4 is 38.2 Å². The van der Waals surface area contributed by atoms with E-state index in [1.54, 1.807) is 17.4 Å². The topological polar surface area (TPSA) is 33.1 Å². The van der Waals surface area contributed by atoms with E-state index in [2.05, 4.69) is 20.9 Å². The van der Waals surface area contributed by atoms with Gasteiger partial charge in [-0.2, -0.15) is 0 Å². The first-order valence-corrected chi connectivity index (χ1v) is 6.74. The molecule has 0 saturated carbocycles. The zero-order valence-corrected chi connectivity index (χ0v) is 11.1. The van der Waals surface area contributed by atoms with E-state index in [1.807, 2.05) is 35.7 Å². The number of nitrogens with zero attached hydrogens (tertiary/aromatic N) is 1. The predicted octanol–water partition coefficient (Wildman–Crippen LogP) is 4.43. The molecule has 0 amide bonds. The van der Waals surface area contributed by atoms with E-state index in [1.165, 1.54) is 0 Å².